The van der Waals surface area contributed by atoms with Crippen LogP contribution in [-0.2, 0) is 6.54 Å². The van der Waals surface area contributed by atoms with Gasteiger partial charge in [-0.05, 0) is 37.0 Å². The van der Waals surface area contributed by atoms with Crippen molar-refractivity contribution in [3.63, 3.8) is 0 Å². The largest absolute Gasteiger partial charge is 0.293 e. The van der Waals surface area contributed by atoms with Gasteiger partial charge >= 0.3 is 0 Å². The zero-order chi connectivity index (χ0) is 13.4. The Labute approximate surface area is 113 Å². The third-order valence-corrected chi connectivity index (χ3v) is 3.92. The number of rotatable bonds is 2. The van der Waals surface area contributed by atoms with Crippen molar-refractivity contribution in [2.24, 2.45) is 0 Å². The lowest BCUT2D eigenvalue weighted by atomic mass is 10.1. The van der Waals surface area contributed by atoms with E-state index in [1.165, 1.54) is 11.5 Å². The number of nitrogens with zero attached hydrogens (tertiary/aromatic N) is 4. The average Bonchev–Trinajstić information content (AvgIpc) is 2.79. The highest BCUT2D eigenvalue weighted by Gasteiger charge is 2.09. The maximum absolute atomic E-state index is 12.4. The van der Waals surface area contributed by atoms with E-state index in [2.05, 4.69) is 14.6 Å². The van der Waals surface area contributed by atoms with Crippen LogP contribution in [0.15, 0.2) is 29.3 Å². The van der Waals surface area contributed by atoms with Crippen molar-refractivity contribution >= 4 is 22.4 Å². The Hall–Kier alpha value is -2.08. The Morgan fingerprint density at radius 2 is 2.16 bits per heavy atom. The van der Waals surface area contributed by atoms with Crippen LogP contribution in [0.5, 0.6) is 0 Å². The molecule has 0 fully saturated rings. The summed E-state index contributed by atoms with van der Waals surface area (Å²) in [6, 6.07) is 5.65. The fraction of sp³-hybridized carbons (Fsp3) is 0.231. The molecular formula is C13H12N4OS. The highest BCUT2D eigenvalue weighted by molar-refractivity contribution is 7.05. The minimum atomic E-state index is -0.0264. The third-order valence-electron chi connectivity index (χ3n) is 3.11. The predicted octanol–water partition coefficient (Wildman–Crippen LogP) is 1.91. The summed E-state index contributed by atoms with van der Waals surface area (Å²) in [4.78, 5) is 17.8. The third kappa shape index (κ3) is 2.04. The number of benzene rings is 1. The topological polar surface area (TPSA) is 60.7 Å². The second-order valence-corrected chi connectivity index (χ2v) is 5.27. The molecule has 0 aliphatic carbocycles. The van der Waals surface area contributed by atoms with Gasteiger partial charge in [-0.1, -0.05) is 16.6 Å². The van der Waals surface area contributed by atoms with Crippen molar-refractivity contribution in [2.75, 3.05) is 0 Å². The molecule has 0 amide bonds. The SMILES string of the molecule is Cc1nnsc1Cn1cnc2c(C)cccc2c1=O. The molecule has 2 aromatic heterocycles. The number of aromatic nitrogens is 4. The molecule has 0 atom stereocenters. The smallest absolute Gasteiger partial charge is 0.261 e. The monoisotopic (exact) mass is 272 g/mol. The maximum atomic E-state index is 12.4. The zero-order valence-corrected chi connectivity index (χ0v) is 11.4. The average molecular weight is 272 g/mol. The van der Waals surface area contributed by atoms with Gasteiger partial charge < -0.3 is 0 Å². The first-order valence-electron chi connectivity index (χ1n) is 5.89. The van der Waals surface area contributed by atoms with Crippen molar-refractivity contribution in [1.29, 1.82) is 0 Å². The molecule has 0 radical (unpaired) electrons. The van der Waals surface area contributed by atoms with Gasteiger partial charge in [-0.2, -0.15) is 0 Å². The van der Waals surface area contributed by atoms with E-state index in [1.54, 1.807) is 10.9 Å². The van der Waals surface area contributed by atoms with Crippen LogP contribution in [0.1, 0.15) is 16.1 Å². The molecule has 0 saturated carbocycles. The van der Waals surface area contributed by atoms with Crippen LogP contribution >= 0.6 is 11.5 Å². The predicted molar refractivity (Wildman–Crippen MR) is 74.5 cm³/mol. The molecular weight excluding hydrogens is 260 g/mol. The molecule has 3 aromatic rings. The second kappa shape index (κ2) is 4.55. The summed E-state index contributed by atoms with van der Waals surface area (Å²) in [5.74, 6) is 0. The van der Waals surface area contributed by atoms with E-state index >= 15 is 0 Å². The van der Waals surface area contributed by atoms with Gasteiger partial charge in [0, 0.05) is 0 Å². The summed E-state index contributed by atoms with van der Waals surface area (Å²) in [6.45, 7) is 4.32. The Bertz CT molecular complexity index is 806. The number of para-hydroxylation sites is 1. The Morgan fingerprint density at radius 1 is 1.32 bits per heavy atom. The molecule has 3 rings (SSSR count). The molecule has 0 unspecified atom stereocenters. The number of hydrogen-bond acceptors (Lipinski definition) is 5. The van der Waals surface area contributed by atoms with E-state index in [4.69, 9.17) is 0 Å². The van der Waals surface area contributed by atoms with E-state index in [1.807, 2.05) is 32.0 Å². The number of hydrogen-bond donors (Lipinski definition) is 0. The fourth-order valence-corrected chi connectivity index (χ4v) is 2.63. The normalized spacial score (nSPS) is 11.1. The van der Waals surface area contributed by atoms with Crippen LogP contribution in [0.4, 0.5) is 0 Å². The van der Waals surface area contributed by atoms with E-state index in [0.29, 0.717) is 11.9 Å². The molecule has 2 heterocycles. The van der Waals surface area contributed by atoms with Gasteiger partial charge in [0.05, 0.1) is 34.3 Å². The van der Waals surface area contributed by atoms with Crippen LogP contribution in [0.2, 0.25) is 0 Å². The maximum Gasteiger partial charge on any atom is 0.261 e. The number of aryl methyl sites for hydroxylation is 2. The second-order valence-electron chi connectivity index (χ2n) is 4.43. The molecule has 6 heteroatoms. The van der Waals surface area contributed by atoms with Gasteiger partial charge in [0.2, 0.25) is 0 Å². The molecule has 5 nitrogen and oxygen atoms in total. The summed E-state index contributed by atoms with van der Waals surface area (Å²) in [7, 11) is 0. The van der Waals surface area contributed by atoms with Gasteiger partial charge in [-0.25, -0.2) is 4.98 Å². The Balaban J connectivity index is 2.14. The van der Waals surface area contributed by atoms with Gasteiger partial charge in [-0.15, -0.1) is 5.10 Å². The first-order valence-corrected chi connectivity index (χ1v) is 6.67. The lowest BCUT2D eigenvalue weighted by molar-refractivity contribution is 0.752. The minimum absolute atomic E-state index is 0.0264. The summed E-state index contributed by atoms with van der Waals surface area (Å²) >= 11 is 1.31. The molecule has 0 bridgehead atoms. The molecule has 1 aromatic carbocycles. The van der Waals surface area contributed by atoms with Crippen LogP contribution in [0.3, 0.4) is 0 Å². The van der Waals surface area contributed by atoms with Crippen LogP contribution in [-0.4, -0.2) is 19.1 Å². The van der Waals surface area contributed by atoms with Gasteiger partial charge in [0.1, 0.15) is 0 Å². The van der Waals surface area contributed by atoms with Gasteiger partial charge in [-0.3, -0.25) is 9.36 Å². The van der Waals surface area contributed by atoms with Crippen molar-refractivity contribution in [1.82, 2.24) is 19.1 Å². The molecule has 0 N–H and O–H groups in total. The lowest BCUT2D eigenvalue weighted by Gasteiger charge is -2.06. The van der Waals surface area contributed by atoms with Crippen molar-refractivity contribution in [3.8, 4) is 0 Å². The first-order chi connectivity index (χ1) is 9.16. The standard InChI is InChI=1S/C13H12N4OS/c1-8-4-3-5-10-12(8)14-7-17(13(10)18)6-11-9(2)15-16-19-11/h3-5,7H,6H2,1-2H3. The van der Waals surface area contributed by atoms with E-state index in [-0.39, 0.29) is 5.56 Å². The molecule has 0 spiro atoms. The van der Waals surface area contributed by atoms with Crippen molar-refractivity contribution in [2.45, 2.75) is 20.4 Å². The highest BCUT2D eigenvalue weighted by atomic mass is 32.1. The van der Waals surface area contributed by atoms with E-state index in [0.717, 1.165) is 21.7 Å². The quantitative estimate of drug-likeness (QED) is 0.715. The summed E-state index contributed by atoms with van der Waals surface area (Å²) < 4.78 is 5.48. The van der Waals surface area contributed by atoms with Crippen molar-refractivity contribution < 1.29 is 0 Å². The molecule has 0 aliphatic heterocycles. The molecule has 0 saturated heterocycles. The fourth-order valence-electron chi connectivity index (χ4n) is 2.00. The first kappa shape index (κ1) is 12.0. The van der Waals surface area contributed by atoms with Gasteiger partial charge in [0.25, 0.3) is 5.56 Å². The lowest BCUT2D eigenvalue weighted by Crippen LogP contribution is -2.21. The minimum Gasteiger partial charge on any atom is -0.293 e. The number of fused-ring (bicyclic) bond motifs is 1. The van der Waals surface area contributed by atoms with E-state index in [9.17, 15) is 4.79 Å². The Kier molecular flexibility index (Phi) is 2.87. The van der Waals surface area contributed by atoms with Crippen LogP contribution in [0, 0.1) is 13.8 Å². The van der Waals surface area contributed by atoms with Crippen molar-refractivity contribution in [3.05, 3.63) is 51.0 Å². The summed E-state index contributed by atoms with van der Waals surface area (Å²) in [5.41, 5.74) is 2.61. The highest BCUT2D eigenvalue weighted by Crippen LogP contribution is 2.13. The summed E-state index contributed by atoms with van der Waals surface area (Å²) in [6.07, 6.45) is 1.59. The van der Waals surface area contributed by atoms with Crippen LogP contribution in [0.25, 0.3) is 10.9 Å². The molecule has 0 aliphatic rings. The van der Waals surface area contributed by atoms with Gasteiger partial charge in [0.15, 0.2) is 0 Å². The van der Waals surface area contributed by atoms with Crippen LogP contribution < -0.4 is 5.56 Å². The Morgan fingerprint density at radius 3 is 2.89 bits per heavy atom. The summed E-state index contributed by atoms with van der Waals surface area (Å²) in [5, 5.41) is 4.60. The molecule has 19 heavy (non-hydrogen) atoms. The van der Waals surface area contributed by atoms with E-state index < -0.39 is 0 Å². The molecule has 96 valence electrons. The zero-order valence-electron chi connectivity index (χ0n) is 10.6.